The molecule has 1 aromatic carbocycles. The summed E-state index contributed by atoms with van der Waals surface area (Å²) in [5.41, 5.74) is 0.823. The van der Waals surface area contributed by atoms with Gasteiger partial charge in [-0.15, -0.1) is 0 Å². The van der Waals surface area contributed by atoms with Crippen molar-refractivity contribution in [3.8, 4) is 0 Å². The van der Waals surface area contributed by atoms with Gasteiger partial charge in [-0.1, -0.05) is 11.6 Å². The molecule has 1 amide bonds. The normalized spacial score (nSPS) is 14.5. The lowest BCUT2D eigenvalue weighted by Crippen LogP contribution is -2.30. The zero-order valence-corrected chi connectivity index (χ0v) is 9.13. The lowest BCUT2D eigenvalue weighted by Gasteiger charge is -2.15. The van der Waals surface area contributed by atoms with Crippen LogP contribution in [-0.2, 0) is 4.79 Å². The molecular weight excluding hydrogens is 233 g/mol. The monoisotopic (exact) mass is 241 g/mol. The first-order valence-corrected chi connectivity index (χ1v) is 5.24. The molecule has 1 aliphatic heterocycles. The van der Waals surface area contributed by atoms with Crippen molar-refractivity contribution in [1.29, 1.82) is 0 Å². The Morgan fingerprint density at radius 3 is 2.75 bits per heavy atom. The van der Waals surface area contributed by atoms with Gasteiger partial charge in [0.25, 0.3) is 11.7 Å². The SMILES string of the molecule is O=C1C(=O)N(CCCF)c2cc(Cl)ccc21. The molecule has 0 aromatic heterocycles. The van der Waals surface area contributed by atoms with Crippen LogP contribution in [0.5, 0.6) is 0 Å². The maximum Gasteiger partial charge on any atom is 0.299 e. The fourth-order valence-electron chi connectivity index (χ4n) is 1.71. The van der Waals surface area contributed by atoms with Gasteiger partial charge in [0.05, 0.1) is 17.9 Å². The Labute approximate surface area is 96.8 Å². The van der Waals surface area contributed by atoms with E-state index in [-0.39, 0.29) is 13.0 Å². The Kier molecular flexibility index (Phi) is 2.92. The van der Waals surface area contributed by atoms with Gasteiger partial charge in [-0.2, -0.15) is 0 Å². The molecule has 3 nitrogen and oxygen atoms in total. The molecule has 0 radical (unpaired) electrons. The molecule has 1 aromatic rings. The van der Waals surface area contributed by atoms with E-state index in [1.165, 1.54) is 11.0 Å². The van der Waals surface area contributed by atoms with Crippen LogP contribution in [0.1, 0.15) is 16.8 Å². The Bertz CT molecular complexity index is 461. The molecule has 0 N–H and O–H groups in total. The summed E-state index contributed by atoms with van der Waals surface area (Å²) in [5, 5.41) is 0.450. The van der Waals surface area contributed by atoms with E-state index >= 15 is 0 Å². The van der Waals surface area contributed by atoms with Crippen LogP contribution < -0.4 is 4.90 Å². The highest BCUT2D eigenvalue weighted by atomic mass is 35.5. The van der Waals surface area contributed by atoms with E-state index in [0.29, 0.717) is 16.3 Å². The molecule has 0 saturated carbocycles. The molecule has 16 heavy (non-hydrogen) atoms. The molecule has 0 unspecified atom stereocenters. The smallest absolute Gasteiger partial charge is 0.299 e. The molecule has 0 saturated heterocycles. The average Bonchev–Trinajstić information content (AvgIpc) is 2.50. The largest absolute Gasteiger partial charge is 0.305 e. The molecule has 0 spiro atoms. The third-order valence-corrected chi connectivity index (χ3v) is 2.69. The summed E-state index contributed by atoms with van der Waals surface area (Å²) < 4.78 is 12.1. The van der Waals surface area contributed by atoms with E-state index in [2.05, 4.69) is 0 Å². The second-order valence-electron chi connectivity index (χ2n) is 3.49. The van der Waals surface area contributed by atoms with Gasteiger partial charge >= 0.3 is 0 Å². The third kappa shape index (κ3) is 1.69. The highest BCUT2D eigenvalue weighted by molar-refractivity contribution is 6.52. The minimum Gasteiger partial charge on any atom is -0.305 e. The Balaban J connectivity index is 2.39. The van der Waals surface area contributed by atoms with Crippen LogP contribution in [0.15, 0.2) is 18.2 Å². The summed E-state index contributed by atoms with van der Waals surface area (Å²) in [6.45, 7) is -0.317. The highest BCUT2D eigenvalue weighted by Gasteiger charge is 2.35. The number of carbonyl (C=O) groups excluding carboxylic acids is 2. The van der Waals surface area contributed by atoms with E-state index in [1.54, 1.807) is 12.1 Å². The Morgan fingerprint density at radius 1 is 1.31 bits per heavy atom. The molecule has 0 fully saturated rings. The van der Waals surface area contributed by atoms with Crippen LogP contribution in [-0.4, -0.2) is 24.9 Å². The lowest BCUT2D eigenvalue weighted by molar-refractivity contribution is -0.114. The Morgan fingerprint density at radius 2 is 2.06 bits per heavy atom. The van der Waals surface area contributed by atoms with E-state index < -0.39 is 18.4 Å². The first kappa shape index (κ1) is 11.1. The molecule has 0 atom stereocenters. The summed E-state index contributed by atoms with van der Waals surface area (Å²) in [6, 6.07) is 4.63. The van der Waals surface area contributed by atoms with Crippen LogP contribution in [0, 0.1) is 0 Å². The van der Waals surface area contributed by atoms with E-state index in [9.17, 15) is 14.0 Å². The number of fused-ring (bicyclic) bond motifs is 1. The molecule has 1 aliphatic rings. The van der Waals surface area contributed by atoms with Gasteiger partial charge in [0.2, 0.25) is 0 Å². The van der Waals surface area contributed by atoms with Gasteiger partial charge in [0, 0.05) is 11.6 Å². The predicted molar refractivity (Wildman–Crippen MR) is 58.7 cm³/mol. The van der Waals surface area contributed by atoms with Gasteiger partial charge in [-0.25, -0.2) is 0 Å². The molecule has 5 heteroatoms. The number of ketones is 1. The minimum absolute atomic E-state index is 0.203. The quantitative estimate of drug-likeness (QED) is 0.761. The number of benzene rings is 1. The fraction of sp³-hybridized carbons (Fsp3) is 0.273. The van der Waals surface area contributed by atoms with Crippen molar-refractivity contribution in [3.63, 3.8) is 0 Å². The number of amides is 1. The number of carbonyl (C=O) groups is 2. The number of rotatable bonds is 3. The van der Waals surface area contributed by atoms with E-state index in [0.717, 1.165) is 0 Å². The van der Waals surface area contributed by atoms with Gasteiger partial charge in [-0.3, -0.25) is 14.0 Å². The number of halogens is 2. The maximum absolute atomic E-state index is 12.1. The van der Waals surface area contributed by atoms with Crippen molar-refractivity contribution >= 4 is 29.0 Å². The van der Waals surface area contributed by atoms with E-state index in [1.807, 2.05) is 0 Å². The number of nitrogens with zero attached hydrogens (tertiary/aromatic N) is 1. The van der Waals surface area contributed by atoms with Crippen molar-refractivity contribution in [2.45, 2.75) is 6.42 Å². The number of anilines is 1. The number of hydrogen-bond acceptors (Lipinski definition) is 2. The van der Waals surface area contributed by atoms with Crippen LogP contribution in [0.2, 0.25) is 5.02 Å². The number of alkyl halides is 1. The van der Waals surface area contributed by atoms with Crippen molar-refractivity contribution < 1.29 is 14.0 Å². The van der Waals surface area contributed by atoms with Gasteiger partial charge in [-0.05, 0) is 24.6 Å². The molecule has 84 valence electrons. The first-order valence-electron chi connectivity index (χ1n) is 4.87. The number of Topliss-reactive ketones (excluding diaryl/α,β-unsaturated/α-hetero) is 1. The minimum atomic E-state index is -0.606. The summed E-state index contributed by atoms with van der Waals surface area (Å²) in [7, 11) is 0. The van der Waals surface area contributed by atoms with Gasteiger partial charge in [0.15, 0.2) is 0 Å². The van der Waals surface area contributed by atoms with Crippen molar-refractivity contribution in [1.82, 2.24) is 0 Å². The Hall–Kier alpha value is -1.42. The second-order valence-corrected chi connectivity index (χ2v) is 3.93. The lowest BCUT2D eigenvalue weighted by atomic mass is 10.1. The van der Waals surface area contributed by atoms with Crippen molar-refractivity contribution in [2.75, 3.05) is 18.1 Å². The van der Waals surface area contributed by atoms with Gasteiger partial charge < -0.3 is 4.90 Å². The summed E-state index contributed by atoms with van der Waals surface area (Å²) in [5.74, 6) is -1.16. The zero-order valence-electron chi connectivity index (χ0n) is 8.37. The van der Waals surface area contributed by atoms with Gasteiger partial charge in [0.1, 0.15) is 0 Å². The van der Waals surface area contributed by atoms with Crippen LogP contribution in [0.4, 0.5) is 10.1 Å². The topological polar surface area (TPSA) is 37.4 Å². The first-order chi connectivity index (χ1) is 7.65. The third-order valence-electron chi connectivity index (χ3n) is 2.45. The summed E-state index contributed by atoms with van der Waals surface area (Å²) in [4.78, 5) is 24.4. The van der Waals surface area contributed by atoms with Crippen LogP contribution in [0.25, 0.3) is 0 Å². The average molecular weight is 242 g/mol. The molecule has 1 heterocycles. The van der Waals surface area contributed by atoms with E-state index in [4.69, 9.17) is 11.6 Å². The summed E-state index contributed by atoms with van der Waals surface area (Å²) >= 11 is 5.79. The number of hydrogen-bond donors (Lipinski definition) is 0. The predicted octanol–water partition coefficient (Wildman–Crippen LogP) is 2.23. The maximum atomic E-state index is 12.1. The van der Waals surface area contributed by atoms with Crippen molar-refractivity contribution in [2.24, 2.45) is 0 Å². The second kappa shape index (κ2) is 4.22. The summed E-state index contributed by atoms with van der Waals surface area (Å²) in [6.07, 6.45) is 0.213. The molecular formula is C11H9ClFNO2. The fourth-order valence-corrected chi connectivity index (χ4v) is 1.87. The highest BCUT2D eigenvalue weighted by Crippen LogP contribution is 2.31. The standard InChI is InChI=1S/C11H9ClFNO2/c12-7-2-3-8-9(6-7)14(5-1-4-13)11(16)10(8)15/h2-3,6H,1,4-5H2. The zero-order chi connectivity index (χ0) is 11.7. The molecule has 0 bridgehead atoms. The molecule has 2 rings (SSSR count). The van der Waals surface area contributed by atoms with Crippen LogP contribution >= 0.6 is 11.6 Å². The van der Waals surface area contributed by atoms with Crippen molar-refractivity contribution in [3.05, 3.63) is 28.8 Å². The molecule has 0 aliphatic carbocycles. The van der Waals surface area contributed by atoms with Crippen LogP contribution in [0.3, 0.4) is 0 Å².